The summed E-state index contributed by atoms with van der Waals surface area (Å²) in [5.74, 6) is -19.8. The first-order chi connectivity index (χ1) is 61.0. The second kappa shape index (κ2) is 58.2. The van der Waals surface area contributed by atoms with Crippen molar-refractivity contribution in [3.05, 3.63) is 71.8 Å². The van der Waals surface area contributed by atoms with Gasteiger partial charge in [0.05, 0.1) is 44.8 Å². The summed E-state index contributed by atoms with van der Waals surface area (Å²) in [6.45, 7) is 7.65. The van der Waals surface area contributed by atoms with E-state index in [1.807, 2.05) is 0 Å². The van der Waals surface area contributed by atoms with E-state index >= 15 is 0 Å². The van der Waals surface area contributed by atoms with Crippen LogP contribution in [0.5, 0.6) is 0 Å². The van der Waals surface area contributed by atoms with Gasteiger partial charge in [0.2, 0.25) is 112 Å². The molecule has 0 aliphatic rings. The van der Waals surface area contributed by atoms with Crippen molar-refractivity contribution in [2.24, 2.45) is 51.8 Å². The van der Waals surface area contributed by atoms with Crippen molar-refractivity contribution >= 4 is 124 Å². The molecule has 0 heterocycles. The molecule has 49 heteroatoms. The van der Waals surface area contributed by atoms with Gasteiger partial charge in [-0.2, -0.15) is 0 Å². The summed E-state index contributed by atoms with van der Waals surface area (Å²) in [7, 11) is 0. The molecule has 0 aliphatic heterocycles. The van der Waals surface area contributed by atoms with Crippen LogP contribution in [0.2, 0.25) is 0 Å². The number of rotatable bonds is 62. The van der Waals surface area contributed by atoms with Crippen LogP contribution in [-0.2, 0) is 104 Å². The third-order valence-corrected chi connectivity index (χ3v) is 19.6. The van der Waals surface area contributed by atoms with E-state index in [1.165, 1.54) is 34.6 Å². The van der Waals surface area contributed by atoms with Crippen molar-refractivity contribution in [3.63, 3.8) is 0 Å². The number of hydrogen-bond acceptors (Lipinski definition) is 26. The average molecular weight is 1840 g/mol. The molecule has 0 spiro atoms. The summed E-state index contributed by atoms with van der Waals surface area (Å²) in [5.41, 5.74) is 41.9. The Hall–Kier alpha value is -13.3. The van der Waals surface area contributed by atoms with Crippen LogP contribution in [0.25, 0.3) is 0 Å². The van der Waals surface area contributed by atoms with Crippen LogP contribution in [-0.4, -0.2) is 276 Å². The molecule has 0 saturated carbocycles. The Morgan fingerprint density at radius 2 is 0.792 bits per heavy atom. The summed E-state index contributed by atoms with van der Waals surface area (Å²) >= 11 is 0. The number of nitrogens with one attached hydrogen (secondary N) is 20. The maximum Gasteiger partial charge on any atom is 0.245 e. The van der Waals surface area contributed by atoms with Crippen LogP contribution in [0.15, 0.2) is 60.7 Å². The lowest BCUT2D eigenvalue weighted by atomic mass is 10.00. The third kappa shape index (κ3) is 44.4. The lowest BCUT2D eigenvalue weighted by molar-refractivity contribution is -0.138. The molecule has 49 nitrogen and oxygen atoms in total. The lowest BCUT2D eigenvalue weighted by Gasteiger charge is -2.31. The maximum absolute atomic E-state index is 14.5. The van der Waals surface area contributed by atoms with Crippen molar-refractivity contribution in [2.75, 3.05) is 52.4 Å². The van der Waals surface area contributed by atoms with E-state index in [9.17, 15) is 101 Å². The van der Waals surface area contributed by atoms with E-state index in [1.54, 1.807) is 74.5 Å². The Kier molecular flexibility index (Phi) is 50.5. The highest BCUT2D eigenvalue weighted by Crippen LogP contribution is 2.15. The monoisotopic (exact) mass is 1840 g/mol. The largest absolute Gasteiger partial charge is 0.394 e. The second-order valence-corrected chi connectivity index (χ2v) is 32.4. The molecule has 724 valence electrons. The van der Waals surface area contributed by atoms with E-state index < -0.39 is 247 Å². The number of carbonyl (C=O) groups excluding carboxylic acids is 19. The van der Waals surface area contributed by atoms with Crippen LogP contribution in [0.4, 0.5) is 0 Å². The molecule has 0 fully saturated rings. The third-order valence-electron chi connectivity index (χ3n) is 19.6. The minimum Gasteiger partial charge on any atom is -0.394 e. The van der Waals surface area contributed by atoms with Gasteiger partial charge in [-0.05, 0) is 155 Å². The Bertz CT molecular complexity index is 4180. The van der Waals surface area contributed by atoms with Gasteiger partial charge in [-0.3, -0.25) is 102 Å². The number of aliphatic hydroxyl groups excluding tert-OH is 2. The summed E-state index contributed by atoms with van der Waals surface area (Å²) in [6, 6.07) is -1.04. The van der Waals surface area contributed by atoms with Gasteiger partial charge in [0.15, 0.2) is 11.9 Å². The molecule has 2 rings (SSSR count). The number of unbranched alkanes of at least 4 members (excludes halogenated alkanes) is 2. The first-order valence-corrected chi connectivity index (χ1v) is 42.4. The molecule has 13 atom stereocenters. The summed E-state index contributed by atoms with van der Waals surface area (Å²) in [6.07, 6.45) is -2.80. The Morgan fingerprint density at radius 1 is 0.385 bits per heavy atom. The molecule has 19 amide bonds. The molecular formula is C81H134N28O21. The van der Waals surface area contributed by atoms with Crippen molar-refractivity contribution < 1.29 is 101 Å². The molecule has 0 unspecified atom stereocenters. The van der Waals surface area contributed by atoms with Crippen molar-refractivity contribution in [2.45, 2.75) is 248 Å². The molecule has 38 N–H and O–H groups in total. The summed E-state index contributed by atoms with van der Waals surface area (Å²) in [4.78, 5) is 257. The first kappa shape index (κ1) is 113. The number of nitrogens with two attached hydrogens (primary N) is 8. The Morgan fingerprint density at radius 3 is 1.25 bits per heavy atom. The SMILES string of the molecule is CC(C)C[C@H](NC(=O)[C@H](CCCCN)NC(=O)[C@H](CCCNC(=N)N)NC(=O)C(C)(C)NC(=O)[C@H](CO)NC(=O)[C@H](CCCCN)NC(=O)[C@H](CCCNC(=N)N)NC(=O)C(C)(C)NC(=O)CNC(=O)[C@@H](NC(=O)[C@H](Cc1ccccc1)NC(=O)CNC(=O)CNC(=O)[C@@H](N)Cc1ccccc1)[C@@H](C)O)C(=O)N[C@@H](C)C(=O)N[C@@H](CC(N)=O)C(=O)N[C@@H](CCC(N)=O)C(N)=O. The molecule has 0 bridgehead atoms. The van der Waals surface area contributed by atoms with Gasteiger partial charge in [-0.1, -0.05) is 74.5 Å². The lowest BCUT2D eigenvalue weighted by Crippen LogP contribution is -2.64. The van der Waals surface area contributed by atoms with Crippen LogP contribution < -0.4 is 142 Å². The van der Waals surface area contributed by atoms with E-state index in [-0.39, 0.29) is 116 Å². The van der Waals surface area contributed by atoms with E-state index in [0.29, 0.717) is 18.4 Å². The minimum atomic E-state index is -2.03. The zero-order valence-electron chi connectivity index (χ0n) is 74.6. The fourth-order valence-electron chi connectivity index (χ4n) is 12.4. The van der Waals surface area contributed by atoms with E-state index in [4.69, 9.17) is 56.7 Å². The summed E-state index contributed by atoms with van der Waals surface area (Å²) in [5, 5.41) is 80.8. The highest BCUT2D eigenvalue weighted by atomic mass is 16.3. The number of hydrogen-bond donors (Lipinski definition) is 30. The number of guanidine groups is 2. The number of amides is 19. The molecule has 2 aromatic carbocycles. The quantitative estimate of drug-likeness (QED) is 0.0166. The van der Waals surface area contributed by atoms with Crippen LogP contribution in [0.3, 0.4) is 0 Å². The molecule has 130 heavy (non-hydrogen) atoms. The summed E-state index contributed by atoms with van der Waals surface area (Å²) < 4.78 is 0. The van der Waals surface area contributed by atoms with Crippen LogP contribution in [0, 0.1) is 16.7 Å². The molecule has 0 saturated heterocycles. The molecule has 0 aromatic heterocycles. The van der Waals surface area contributed by atoms with Crippen molar-refractivity contribution in [1.29, 1.82) is 10.8 Å². The minimum absolute atomic E-state index is 0.0195. The van der Waals surface area contributed by atoms with Crippen LogP contribution in [0.1, 0.15) is 156 Å². The Labute approximate surface area is 752 Å². The Balaban J connectivity index is 2.36. The van der Waals surface area contributed by atoms with Gasteiger partial charge >= 0.3 is 0 Å². The van der Waals surface area contributed by atoms with Gasteiger partial charge in [0, 0.05) is 25.9 Å². The maximum atomic E-state index is 14.5. The fraction of sp³-hybridized carbons (Fsp3) is 0.593. The zero-order valence-corrected chi connectivity index (χ0v) is 74.6. The smallest absolute Gasteiger partial charge is 0.245 e. The van der Waals surface area contributed by atoms with Crippen LogP contribution >= 0.6 is 0 Å². The number of benzene rings is 2. The van der Waals surface area contributed by atoms with Crippen molar-refractivity contribution in [3.8, 4) is 0 Å². The van der Waals surface area contributed by atoms with E-state index in [0.717, 1.165) is 12.5 Å². The van der Waals surface area contributed by atoms with Gasteiger partial charge in [-0.25, -0.2) is 0 Å². The van der Waals surface area contributed by atoms with Gasteiger partial charge in [0.25, 0.3) is 0 Å². The zero-order chi connectivity index (χ0) is 98.1. The normalized spacial score (nSPS) is 14.2. The topological polar surface area (TPSA) is 837 Å². The number of primary amides is 3. The molecule has 0 aliphatic carbocycles. The first-order valence-electron chi connectivity index (χ1n) is 42.4. The highest BCUT2D eigenvalue weighted by Gasteiger charge is 2.41. The second-order valence-electron chi connectivity index (χ2n) is 32.4. The van der Waals surface area contributed by atoms with Gasteiger partial charge in [-0.15, -0.1) is 0 Å². The van der Waals surface area contributed by atoms with Gasteiger partial charge in [0.1, 0.15) is 77.5 Å². The number of aliphatic hydroxyl groups is 2. The average Bonchev–Trinajstić information content (AvgIpc) is 0.646. The molecular weight excluding hydrogens is 1700 g/mol. The van der Waals surface area contributed by atoms with Crippen molar-refractivity contribution in [1.82, 2.24) is 95.7 Å². The van der Waals surface area contributed by atoms with E-state index in [2.05, 4.69) is 95.7 Å². The highest BCUT2D eigenvalue weighted by molar-refractivity contribution is 6.02. The predicted octanol–water partition coefficient (Wildman–Crippen LogP) is -10.9. The van der Waals surface area contributed by atoms with Gasteiger partial charge < -0.3 is 152 Å². The predicted molar refractivity (Wildman–Crippen MR) is 472 cm³/mol. The fourth-order valence-corrected chi connectivity index (χ4v) is 12.4. The number of carbonyl (C=O) groups is 19. The molecule has 2 aromatic rings. The molecule has 0 radical (unpaired) electrons. The standard InChI is InChI=1S/C81H134N28O21/c1-43(2)35-54(71(124)97-44(3)65(118)102-56(38-59(86)113)72(125)99-49(64(87)117)29-30-58(85)112)103-67(120)50(25-15-17-31-82)100-70(123)53(28-20-34-93-79(90)91)106-77(130)81(7,8)109-74(127)57(42-110)104-68(121)51(26-16-18-32-83)101-69(122)52(27-19-33-92-78(88)89)105-76(129)80(5,6)108-62(116)41-96-75(128)63(45(4)111)107-73(126)55(37-47-23-13-10-14-24-47)98-61(115)40-94-60(114)39-95-66(119)48(84)36-46-21-11-9-12-22-46/h9-14,21-24,43-45,48-57,63,110-111H,15-20,25-42,82-84H2,1-8H3,(H2,85,112)(H2,86,113)(H2,87,117)(H,94,114)(H,95,119)(H,96,128)(H,97,124)(H,98,115)(H,99,125)(H,100,123)(H,101,122)(H,102,118)(H,103,120)(H,104,121)(H,105,129)(H,106,130)(H,107,126)(H,108,116)(H,109,127)(H4,88,89,92)(H4,90,91,93)/t44-,45+,48-,49-,50-,51-,52-,53-,54-,55-,56-,57-,63-/m0/s1.